The van der Waals surface area contributed by atoms with Crippen molar-refractivity contribution >= 4 is 11.7 Å². The first kappa shape index (κ1) is 15.5. The van der Waals surface area contributed by atoms with E-state index in [0.29, 0.717) is 5.92 Å². The van der Waals surface area contributed by atoms with Crippen LogP contribution in [0, 0.1) is 17.3 Å². The molecule has 0 aliphatic heterocycles. The SMILES string of the molecule is CC(C)(C)OC(=O)CN=C1C[C@@H]2C[C@@H](C2(C)C)[C@]1(C)O. The molecule has 0 spiro atoms. The first-order valence-corrected chi connectivity index (χ1v) is 7.42. The number of hydrogen-bond acceptors (Lipinski definition) is 4. The number of ether oxygens (including phenoxy) is 1. The third-order valence-electron chi connectivity index (χ3n) is 4.99. The number of nitrogens with zero attached hydrogens (tertiary/aromatic N) is 1. The van der Waals surface area contributed by atoms with Crippen molar-refractivity contribution in [3.8, 4) is 0 Å². The molecule has 3 aliphatic rings. The van der Waals surface area contributed by atoms with Gasteiger partial charge >= 0.3 is 5.97 Å². The lowest BCUT2D eigenvalue weighted by molar-refractivity contribution is -0.153. The van der Waals surface area contributed by atoms with Crippen molar-refractivity contribution in [3.05, 3.63) is 0 Å². The van der Waals surface area contributed by atoms with Crippen LogP contribution in [0.1, 0.15) is 54.4 Å². The fourth-order valence-corrected chi connectivity index (χ4v) is 3.72. The topological polar surface area (TPSA) is 58.9 Å². The molecule has 3 saturated carbocycles. The first-order valence-electron chi connectivity index (χ1n) is 7.42. The molecular formula is C16H27NO3. The molecule has 114 valence electrons. The van der Waals surface area contributed by atoms with E-state index in [-0.39, 0.29) is 23.8 Å². The Bertz CT molecular complexity index is 443. The lowest BCUT2D eigenvalue weighted by Gasteiger charge is -2.62. The summed E-state index contributed by atoms with van der Waals surface area (Å²) in [6.45, 7) is 11.8. The number of carbonyl (C=O) groups is 1. The maximum atomic E-state index is 11.7. The van der Waals surface area contributed by atoms with E-state index in [9.17, 15) is 9.90 Å². The summed E-state index contributed by atoms with van der Waals surface area (Å²) >= 11 is 0. The van der Waals surface area contributed by atoms with Crippen LogP contribution in [0.15, 0.2) is 4.99 Å². The van der Waals surface area contributed by atoms with Crippen LogP contribution in [-0.2, 0) is 9.53 Å². The molecule has 0 unspecified atom stereocenters. The molecule has 0 aromatic carbocycles. The zero-order valence-corrected chi connectivity index (χ0v) is 13.5. The standard InChI is InChI=1S/C16H27NO3/c1-14(2,3)20-13(18)9-17-12-8-10-7-11(15(10,4)5)16(12,6)19/h10-11,19H,7-9H2,1-6H3/t10-,11-,16-/m0/s1. The molecule has 2 bridgehead atoms. The van der Waals surface area contributed by atoms with Gasteiger partial charge in [0, 0.05) is 5.71 Å². The van der Waals surface area contributed by atoms with Gasteiger partial charge in [-0.1, -0.05) is 13.8 Å². The number of carbonyl (C=O) groups excluding carboxylic acids is 1. The second-order valence-corrected chi connectivity index (χ2v) is 8.01. The highest BCUT2D eigenvalue weighted by Crippen LogP contribution is 2.61. The summed E-state index contributed by atoms with van der Waals surface area (Å²) in [6.07, 6.45) is 1.85. The number of rotatable bonds is 2. The molecule has 0 aromatic rings. The van der Waals surface area contributed by atoms with Crippen LogP contribution in [0.5, 0.6) is 0 Å². The number of aliphatic hydroxyl groups is 1. The van der Waals surface area contributed by atoms with E-state index in [1.165, 1.54) is 0 Å². The lowest BCUT2D eigenvalue weighted by atomic mass is 9.44. The van der Waals surface area contributed by atoms with E-state index in [2.05, 4.69) is 18.8 Å². The van der Waals surface area contributed by atoms with Gasteiger partial charge in [0.25, 0.3) is 0 Å². The molecule has 0 radical (unpaired) electrons. The predicted octanol–water partition coefficient (Wildman–Crippen LogP) is 2.59. The van der Waals surface area contributed by atoms with Gasteiger partial charge in [-0.25, -0.2) is 0 Å². The van der Waals surface area contributed by atoms with Crippen molar-refractivity contribution < 1.29 is 14.6 Å². The van der Waals surface area contributed by atoms with Crippen LogP contribution >= 0.6 is 0 Å². The monoisotopic (exact) mass is 281 g/mol. The summed E-state index contributed by atoms with van der Waals surface area (Å²) in [5.74, 6) is 0.482. The van der Waals surface area contributed by atoms with Gasteiger partial charge in [0.05, 0.1) is 0 Å². The van der Waals surface area contributed by atoms with E-state index in [1.54, 1.807) is 0 Å². The maximum Gasteiger partial charge on any atom is 0.328 e. The molecule has 3 fully saturated rings. The van der Waals surface area contributed by atoms with E-state index >= 15 is 0 Å². The van der Waals surface area contributed by atoms with Crippen molar-refractivity contribution in [1.82, 2.24) is 0 Å². The van der Waals surface area contributed by atoms with Crippen LogP contribution in [-0.4, -0.2) is 34.5 Å². The summed E-state index contributed by atoms with van der Waals surface area (Å²) < 4.78 is 5.25. The van der Waals surface area contributed by atoms with Gasteiger partial charge in [-0.05, 0) is 57.8 Å². The van der Waals surface area contributed by atoms with Crippen molar-refractivity contribution in [3.63, 3.8) is 0 Å². The Morgan fingerprint density at radius 2 is 2.00 bits per heavy atom. The van der Waals surface area contributed by atoms with E-state index < -0.39 is 11.2 Å². The average molecular weight is 281 g/mol. The highest BCUT2D eigenvalue weighted by molar-refractivity contribution is 5.95. The van der Waals surface area contributed by atoms with Crippen molar-refractivity contribution in [2.24, 2.45) is 22.2 Å². The van der Waals surface area contributed by atoms with Gasteiger partial charge in [0.2, 0.25) is 0 Å². The van der Waals surface area contributed by atoms with Gasteiger partial charge < -0.3 is 9.84 Å². The van der Waals surface area contributed by atoms with Crippen molar-refractivity contribution in [2.75, 3.05) is 6.54 Å². The van der Waals surface area contributed by atoms with Gasteiger partial charge in [-0.2, -0.15) is 0 Å². The second-order valence-electron chi connectivity index (χ2n) is 8.01. The summed E-state index contributed by atoms with van der Waals surface area (Å²) in [5.41, 5.74) is -0.436. The molecule has 3 rings (SSSR count). The molecule has 20 heavy (non-hydrogen) atoms. The first-order chi connectivity index (χ1) is 8.94. The van der Waals surface area contributed by atoms with Gasteiger partial charge in [0.1, 0.15) is 17.7 Å². The minimum Gasteiger partial charge on any atom is -0.459 e. The minimum atomic E-state index is -0.889. The summed E-state index contributed by atoms with van der Waals surface area (Å²) in [5, 5.41) is 10.7. The maximum absolute atomic E-state index is 11.7. The Kier molecular flexibility index (Phi) is 3.52. The van der Waals surface area contributed by atoms with Gasteiger partial charge in [-0.3, -0.25) is 9.79 Å². The zero-order chi connectivity index (χ0) is 15.3. The Labute approximate surface area is 121 Å². The smallest absolute Gasteiger partial charge is 0.328 e. The fourth-order valence-electron chi connectivity index (χ4n) is 3.72. The second kappa shape index (κ2) is 4.55. The minimum absolute atomic E-state index is 0.00260. The lowest BCUT2D eigenvalue weighted by Crippen LogP contribution is -2.64. The molecule has 0 amide bonds. The highest BCUT2D eigenvalue weighted by atomic mass is 16.6. The fraction of sp³-hybridized carbons (Fsp3) is 0.875. The van der Waals surface area contributed by atoms with Crippen LogP contribution in [0.3, 0.4) is 0 Å². The molecule has 1 N–H and O–H groups in total. The largest absolute Gasteiger partial charge is 0.459 e. The average Bonchev–Trinajstić information content (AvgIpc) is 2.23. The summed E-state index contributed by atoms with van der Waals surface area (Å²) in [7, 11) is 0. The summed E-state index contributed by atoms with van der Waals surface area (Å²) in [6, 6.07) is 0. The van der Waals surface area contributed by atoms with Crippen molar-refractivity contribution in [2.45, 2.75) is 65.6 Å². The van der Waals surface area contributed by atoms with Crippen LogP contribution in [0.25, 0.3) is 0 Å². The predicted molar refractivity (Wildman–Crippen MR) is 78.8 cm³/mol. The Balaban J connectivity index is 2.04. The molecule has 0 heterocycles. The van der Waals surface area contributed by atoms with Crippen LogP contribution in [0.2, 0.25) is 0 Å². The Morgan fingerprint density at radius 3 is 2.45 bits per heavy atom. The molecule has 3 aliphatic carbocycles. The zero-order valence-electron chi connectivity index (χ0n) is 13.5. The number of esters is 1. The number of fused-ring (bicyclic) bond motifs is 2. The molecule has 4 nitrogen and oxygen atoms in total. The van der Waals surface area contributed by atoms with Gasteiger partial charge in [-0.15, -0.1) is 0 Å². The van der Waals surface area contributed by atoms with E-state index in [0.717, 1.165) is 18.6 Å². The summed E-state index contributed by atoms with van der Waals surface area (Å²) in [4.78, 5) is 16.1. The quantitative estimate of drug-likeness (QED) is 0.791. The van der Waals surface area contributed by atoms with Crippen molar-refractivity contribution in [1.29, 1.82) is 0 Å². The Hall–Kier alpha value is -0.900. The van der Waals surface area contributed by atoms with Crippen LogP contribution in [0.4, 0.5) is 0 Å². The highest BCUT2D eigenvalue weighted by Gasteiger charge is 2.61. The normalized spacial score (nSPS) is 37.5. The molecule has 0 saturated heterocycles. The molecule has 3 atom stereocenters. The van der Waals surface area contributed by atoms with Crippen LogP contribution < -0.4 is 0 Å². The van der Waals surface area contributed by atoms with Gasteiger partial charge in [0.15, 0.2) is 0 Å². The van der Waals surface area contributed by atoms with E-state index in [1.807, 2.05) is 27.7 Å². The molecular weight excluding hydrogens is 254 g/mol. The molecule has 4 heteroatoms. The number of aliphatic imine (C=N–C) groups is 1. The third kappa shape index (κ3) is 2.62. The number of hydrogen-bond donors (Lipinski definition) is 1. The molecule has 0 aromatic heterocycles. The van der Waals surface area contributed by atoms with E-state index in [4.69, 9.17) is 4.74 Å². The Morgan fingerprint density at radius 1 is 1.40 bits per heavy atom. The third-order valence-corrected chi connectivity index (χ3v) is 4.99.